The number of nitrogens with one attached hydrogen (secondary N) is 1. The summed E-state index contributed by atoms with van der Waals surface area (Å²) in [6.45, 7) is 13.3. The van der Waals surface area contributed by atoms with Gasteiger partial charge in [0.25, 0.3) is 0 Å². The molecule has 0 aliphatic carbocycles. The second kappa shape index (κ2) is 6.22. The van der Waals surface area contributed by atoms with Crippen molar-refractivity contribution >= 4 is 0 Å². The third-order valence-electron chi connectivity index (χ3n) is 3.88. The number of nitrogens with zero attached hydrogens (tertiary/aromatic N) is 4. The molecule has 2 rings (SSSR count). The molecule has 1 atom stereocenters. The molecular weight excluding hydrogens is 250 g/mol. The lowest BCUT2D eigenvalue weighted by molar-refractivity contribution is 0.567. The Morgan fingerprint density at radius 2 is 2.00 bits per heavy atom. The predicted octanol–water partition coefficient (Wildman–Crippen LogP) is 2.59. The monoisotopic (exact) mass is 275 g/mol. The van der Waals surface area contributed by atoms with Gasteiger partial charge in [-0.1, -0.05) is 0 Å². The van der Waals surface area contributed by atoms with Crippen LogP contribution in [0.1, 0.15) is 49.3 Å². The second-order valence-corrected chi connectivity index (χ2v) is 5.20. The van der Waals surface area contributed by atoms with Crippen LogP contribution in [0.5, 0.6) is 0 Å². The van der Waals surface area contributed by atoms with Gasteiger partial charge in [0.05, 0.1) is 11.9 Å². The van der Waals surface area contributed by atoms with Crippen molar-refractivity contribution in [2.24, 2.45) is 0 Å². The third kappa shape index (κ3) is 2.93. The lowest BCUT2D eigenvalue weighted by atomic mass is 10.1. The number of aryl methyl sites for hydroxylation is 3. The number of rotatable bonds is 6. The molecule has 110 valence electrons. The van der Waals surface area contributed by atoms with Crippen molar-refractivity contribution in [1.82, 2.24) is 24.9 Å². The molecule has 0 spiro atoms. The first kappa shape index (κ1) is 14.8. The van der Waals surface area contributed by atoms with Gasteiger partial charge in [0.2, 0.25) is 0 Å². The largest absolute Gasteiger partial charge is 0.306 e. The maximum Gasteiger partial charge on any atom is 0.0641 e. The molecule has 0 aromatic carbocycles. The Balaban J connectivity index is 2.02. The van der Waals surface area contributed by atoms with Crippen molar-refractivity contribution in [2.45, 2.75) is 60.3 Å². The smallest absolute Gasteiger partial charge is 0.0641 e. The molecule has 0 aliphatic rings. The van der Waals surface area contributed by atoms with Gasteiger partial charge >= 0.3 is 0 Å². The summed E-state index contributed by atoms with van der Waals surface area (Å²) in [6.07, 6.45) is 4.09. The van der Waals surface area contributed by atoms with Crippen LogP contribution in [0, 0.1) is 13.8 Å². The van der Waals surface area contributed by atoms with Gasteiger partial charge in [0.1, 0.15) is 0 Å². The van der Waals surface area contributed by atoms with Gasteiger partial charge in [-0.3, -0.25) is 9.36 Å². The van der Waals surface area contributed by atoms with E-state index in [2.05, 4.69) is 56.3 Å². The van der Waals surface area contributed by atoms with E-state index in [4.69, 9.17) is 0 Å². The molecule has 0 amide bonds. The zero-order valence-corrected chi connectivity index (χ0v) is 13.1. The average Bonchev–Trinajstić information content (AvgIpc) is 2.99. The maximum atomic E-state index is 4.50. The summed E-state index contributed by atoms with van der Waals surface area (Å²) in [5.41, 5.74) is 4.88. The highest BCUT2D eigenvalue weighted by Crippen LogP contribution is 2.17. The Hall–Kier alpha value is -1.62. The molecular formula is C15H25N5. The number of hydrogen-bond donors (Lipinski definition) is 1. The molecule has 0 bridgehead atoms. The first-order valence-corrected chi connectivity index (χ1v) is 7.35. The van der Waals surface area contributed by atoms with Gasteiger partial charge in [-0.05, 0) is 34.6 Å². The van der Waals surface area contributed by atoms with Crippen molar-refractivity contribution in [1.29, 1.82) is 0 Å². The fraction of sp³-hybridized carbons (Fsp3) is 0.600. The molecule has 0 fully saturated rings. The maximum absolute atomic E-state index is 4.50. The average molecular weight is 275 g/mol. The van der Waals surface area contributed by atoms with Gasteiger partial charge in [-0.15, -0.1) is 0 Å². The van der Waals surface area contributed by atoms with E-state index in [1.54, 1.807) is 0 Å². The molecule has 0 saturated carbocycles. The van der Waals surface area contributed by atoms with Crippen LogP contribution in [0.3, 0.4) is 0 Å². The van der Waals surface area contributed by atoms with Crippen molar-refractivity contribution in [3.8, 4) is 0 Å². The van der Waals surface area contributed by atoms with Crippen LogP contribution in [-0.4, -0.2) is 19.6 Å². The summed E-state index contributed by atoms with van der Waals surface area (Å²) in [4.78, 5) is 0. The minimum Gasteiger partial charge on any atom is -0.306 e. The van der Waals surface area contributed by atoms with E-state index in [1.807, 2.05) is 15.6 Å². The SMILES string of the molecule is CCn1cc(C(C)NCc2cnn(CC)c2C)c(C)n1. The number of hydrogen-bond acceptors (Lipinski definition) is 3. The third-order valence-corrected chi connectivity index (χ3v) is 3.88. The van der Waals surface area contributed by atoms with Crippen LogP contribution in [-0.2, 0) is 19.6 Å². The van der Waals surface area contributed by atoms with E-state index in [9.17, 15) is 0 Å². The molecule has 1 unspecified atom stereocenters. The van der Waals surface area contributed by atoms with E-state index >= 15 is 0 Å². The van der Waals surface area contributed by atoms with Crippen LogP contribution in [0.2, 0.25) is 0 Å². The van der Waals surface area contributed by atoms with Crippen LogP contribution >= 0.6 is 0 Å². The molecule has 0 radical (unpaired) electrons. The molecule has 2 heterocycles. The Kier molecular flexibility index (Phi) is 4.60. The molecule has 2 aromatic heterocycles. The summed E-state index contributed by atoms with van der Waals surface area (Å²) < 4.78 is 4.02. The van der Waals surface area contributed by atoms with Crippen LogP contribution < -0.4 is 5.32 Å². The number of aromatic nitrogens is 4. The zero-order chi connectivity index (χ0) is 14.7. The fourth-order valence-electron chi connectivity index (χ4n) is 2.47. The lowest BCUT2D eigenvalue weighted by Gasteiger charge is -2.13. The minimum absolute atomic E-state index is 0.291. The molecule has 20 heavy (non-hydrogen) atoms. The van der Waals surface area contributed by atoms with Crippen molar-refractivity contribution in [3.63, 3.8) is 0 Å². The van der Waals surface area contributed by atoms with E-state index in [0.29, 0.717) is 6.04 Å². The molecule has 0 saturated heterocycles. The van der Waals surface area contributed by atoms with Gasteiger partial charge in [0, 0.05) is 48.7 Å². The topological polar surface area (TPSA) is 47.7 Å². The highest BCUT2D eigenvalue weighted by Gasteiger charge is 2.13. The van der Waals surface area contributed by atoms with Crippen LogP contribution in [0.4, 0.5) is 0 Å². The first-order chi connectivity index (χ1) is 9.56. The predicted molar refractivity (Wildman–Crippen MR) is 80.5 cm³/mol. The highest BCUT2D eigenvalue weighted by atomic mass is 15.3. The Morgan fingerprint density at radius 1 is 1.25 bits per heavy atom. The fourth-order valence-corrected chi connectivity index (χ4v) is 2.47. The van der Waals surface area contributed by atoms with E-state index in [-0.39, 0.29) is 0 Å². The zero-order valence-electron chi connectivity index (χ0n) is 13.1. The van der Waals surface area contributed by atoms with Crippen molar-refractivity contribution in [3.05, 3.63) is 34.9 Å². The van der Waals surface area contributed by atoms with Crippen LogP contribution in [0.25, 0.3) is 0 Å². The summed E-state index contributed by atoms with van der Waals surface area (Å²) in [7, 11) is 0. The highest BCUT2D eigenvalue weighted by molar-refractivity contribution is 5.21. The van der Waals surface area contributed by atoms with Crippen LogP contribution in [0.15, 0.2) is 12.4 Å². The summed E-state index contributed by atoms with van der Waals surface area (Å²) >= 11 is 0. The first-order valence-electron chi connectivity index (χ1n) is 7.35. The quantitative estimate of drug-likeness (QED) is 0.881. The summed E-state index contributed by atoms with van der Waals surface area (Å²) in [5, 5.41) is 12.4. The van der Waals surface area contributed by atoms with E-state index in [1.165, 1.54) is 16.8 Å². The Bertz CT molecular complexity index is 567. The molecule has 5 heteroatoms. The normalized spacial score (nSPS) is 12.8. The lowest BCUT2D eigenvalue weighted by Crippen LogP contribution is -2.18. The van der Waals surface area contributed by atoms with Gasteiger partial charge in [-0.25, -0.2) is 0 Å². The molecule has 5 nitrogen and oxygen atoms in total. The Labute approximate surface area is 121 Å². The second-order valence-electron chi connectivity index (χ2n) is 5.20. The Morgan fingerprint density at radius 3 is 2.55 bits per heavy atom. The van der Waals surface area contributed by atoms with E-state index < -0.39 is 0 Å². The van der Waals surface area contributed by atoms with Gasteiger partial charge in [0.15, 0.2) is 0 Å². The molecule has 1 N–H and O–H groups in total. The molecule has 0 aliphatic heterocycles. The van der Waals surface area contributed by atoms with Crippen molar-refractivity contribution < 1.29 is 0 Å². The minimum atomic E-state index is 0.291. The van der Waals surface area contributed by atoms with Crippen molar-refractivity contribution in [2.75, 3.05) is 0 Å². The summed E-state index contributed by atoms with van der Waals surface area (Å²) in [5.74, 6) is 0. The van der Waals surface area contributed by atoms with Gasteiger partial charge < -0.3 is 5.32 Å². The van der Waals surface area contributed by atoms with Gasteiger partial charge in [-0.2, -0.15) is 10.2 Å². The standard InChI is InChI=1S/C15H25N5/c1-6-19-10-15(12(4)18-19)11(3)16-8-14-9-17-20(7-2)13(14)5/h9-11,16H,6-8H2,1-5H3. The van der Waals surface area contributed by atoms with E-state index in [0.717, 1.165) is 25.3 Å². The summed E-state index contributed by atoms with van der Waals surface area (Å²) in [6, 6.07) is 0.291. The molecule has 2 aromatic rings.